The lowest BCUT2D eigenvalue weighted by atomic mass is 10.0. The first-order valence-corrected chi connectivity index (χ1v) is 10.4. The summed E-state index contributed by atoms with van der Waals surface area (Å²) in [6, 6.07) is 35.2. The van der Waals surface area contributed by atoms with Gasteiger partial charge in [-0.2, -0.15) is 0 Å². The third-order valence-corrected chi connectivity index (χ3v) is 5.07. The maximum absolute atomic E-state index is 13.3. The predicted octanol–water partition coefficient (Wildman–Crippen LogP) is 5.53. The summed E-state index contributed by atoms with van der Waals surface area (Å²) >= 11 is 0. The molecular formula is C28H23NO3. The Balaban J connectivity index is 1.67. The molecule has 4 nitrogen and oxygen atoms in total. The molecule has 0 spiro atoms. The fourth-order valence-corrected chi connectivity index (χ4v) is 3.46. The van der Waals surface area contributed by atoms with Crippen molar-refractivity contribution in [3.63, 3.8) is 0 Å². The van der Waals surface area contributed by atoms with E-state index in [0.717, 1.165) is 5.56 Å². The summed E-state index contributed by atoms with van der Waals surface area (Å²) in [5.74, 6) is 0.260. The van der Waals surface area contributed by atoms with Gasteiger partial charge in [0.25, 0.3) is 5.91 Å². The van der Waals surface area contributed by atoms with E-state index in [1.165, 1.54) is 0 Å². The number of amides is 1. The monoisotopic (exact) mass is 421 g/mol. The van der Waals surface area contributed by atoms with E-state index in [-0.39, 0.29) is 18.3 Å². The van der Waals surface area contributed by atoms with E-state index < -0.39 is 0 Å². The molecule has 0 N–H and O–H groups in total. The molecule has 0 aliphatic heterocycles. The number of carbonyl (C=O) groups excluding carboxylic acids is 2. The molecule has 0 bridgehead atoms. The van der Waals surface area contributed by atoms with Gasteiger partial charge in [0.15, 0.2) is 12.4 Å². The van der Waals surface area contributed by atoms with Crippen LogP contribution in [0.2, 0.25) is 0 Å². The molecule has 0 saturated carbocycles. The van der Waals surface area contributed by atoms with E-state index in [1.807, 2.05) is 91.0 Å². The number of rotatable bonds is 8. The number of benzene rings is 4. The largest absolute Gasteiger partial charge is 0.484 e. The van der Waals surface area contributed by atoms with Crippen LogP contribution in [0.4, 0.5) is 5.69 Å². The molecule has 4 rings (SSSR count). The molecule has 0 aromatic heterocycles. The Kier molecular flexibility index (Phi) is 6.73. The summed E-state index contributed by atoms with van der Waals surface area (Å²) in [6.45, 7) is 0.196. The molecule has 0 radical (unpaired) electrons. The lowest BCUT2D eigenvalue weighted by molar-refractivity contribution is -0.120. The van der Waals surface area contributed by atoms with Crippen LogP contribution in [0.5, 0.6) is 5.75 Å². The van der Waals surface area contributed by atoms with Gasteiger partial charge in [0.2, 0.25) is 0 Å². The molecule has 0 unspecified atom stereocenters. The van der Waals surface area contributed by atoms with Crippen LogP contribution in [0.1, 0.15) is 21.5 Å². The van der Waals surface area contributed by atoms with Gasteiger partial charge in [0, 0.05) is 11.1 Å². The Morgan fingerprint density at radius 1 is 0.656 bits per heavy atom. The second-order valence-corrected chi connectivity index (χ2v) is 7.28. The van der Waals surface area contributed by atoms with Crippen molar-refractivity contribution in [3.8, 4) is 5.75 Å². The highest BCUT2D eigenvalue weighted by molar-refractivity contribution is 6.14. The van der Waals surface area contributed by atoms with Gasteiger partial charge in [-0.1, -0.05) is 91.0 Å². The summed E-state index contributed by atoms with van der Waals surface area (Å²) in [5, 5.41) is 0. The second kappa shape index (κ2) is 10.2. The maximum atomic E-state index is 13.3. The van der Waals surface area contributed by atoms with E-state index in [1.54, 1.807) is 29.2 Å². The molecule has 4 aromatic rings. The van der Waals surface area contributed by atoms with E-state index >= 15 is 0 Å². The highest BCUT2D eigenvalue weighted by Gasteiger charge is 2.23. The standard InChI is InChI=1S/C28H23NO3/c30-27(21-32-24-16-8-3-9-17-24)29(20-22-12-4-1-5-13-22)26-19-11-10-18-25(26)28(31)23-14-6-2-7-15-23/h1-19H,20-21H2. The normalized spacial score (nSPS) is 10.4. The van der Waals surface area contributed by atoms with Gasteiger partial charge in [-0.3, -0.25) is 9.59 Å². The third kappa shape index (κ3) is 5.10. The first-order chi connectivity index (χ1) is 15.7. The van der Waals surface area contributed by atoms with Crippen LogP contribution >= 0.6 is 0 Å². The number of anilines is 1. The van der Waals surface area contributed by atoms with Crippen LogP contribution in [0.25, 0.3) is 0 Å². The van der Waals surface area contributed by atoms with Gasteiger partial charge in [-0.15, -0.1) is 0 Å². The van der Waals surface area contributed by atoms with Gasteiger partial charge >= 0.3 is 0 Å². The van der Waals surface area contributed by atoms with Crippen LogP contribution in [-0.2, 0) is 11.3 Å². The zero-order valence-electron chi connectivity index (χ0n) is 17.6. The molecule has 0 saturated heterocycles. The molecule has 0 atom stereocenters. The highest BCUT2D eigenvalue weighted by atomic mass is 16.5. The number of ether oxygens (including phenoxy) is 1. The number of ketones is 1. The first-order valence-electron chi connectivity index (χ1n) is 10.4. The molecule has 1 amide bonds. The molecule has 4 heteroatoms. The van der Waals surface area contributed by atoms with Crippen molar-refractivity contribution in [1.29, 1.82) is 0 Å². The van der Waals surface area contributed by atoms with E-state index in [2.05, 4.69) is 0 Å². The molecule has 0 fully saturated rings. The summed E-state index contributed by atoms with van der Waals surface area (Å²) in [7, 11) is 0. The van der Waals surface area contributed by atoms with Crippen LogP contribution < -0.4 is 9.64 Å². The third-order valence-electron chi connectivity index (χ3n) is 5.07. The van der Waals surface area contributed by atoms with Gasteiger partial charge in [-0.25, -0.2) is 0 Å². The summed E-state index contributed by atoms with van der Waals surface area (Å²) in [6.07, 6.45) is 0. The van der Waals surface area contributed by atoms with Crippen molar-refractivity contribution in [3.05, 3.63) is 132 Å². The fraction of sp³-hybridized carbons (Fsp3) is 0.0714. The van der Waals surface area contributed by atoms with Crippen LogP contribution in [-0.4, -0.2) is 18.3 Å². The van der Waals surface area contributed by atoms with Crippen molar-refractivity contribution in [1.82, 2.24) is 0 Å². The minimum Gasteiger partial charge on any atom is -0.484 e. The molecule has 32 heavy (non-hydrogen) atoms. The Labute approximate surface area is 187 Å². The Bertz CT molecular complexity index is 1170. The fourth-order valence-electron chi connectivity index (χ4n) is 3.46. The number of hydrogen-bond donors (Lipinski definition) is 0. The predicted molar refractivity (Wildman–Crippen MR) is 126 cm³/mol. The Morgan fingerprint density at radius 2 is 1.22 bits per heavy atom. The number of carbonyl (C=O) groups is 2. The van der Waals surface area contributed by atoms with Crippen molar-refractivity contribution in [2.45, 2.75) is 6.54 Å². The van der Waals surface area contributed by atoms with Gasteiger partial charge in [0.05, 0.1) is 12.2 Å². The minimum atomic E-state index is -0.231. The SMILES string of the molecule is O=C(c1ccccc1)c1ccccc1N(Cc1ccccc1)C(=O)COc1ccccc1. The Hall–Kier alpha value is -4.18. The lowest BCUT2D eigenvalue weighted by Crippen LogP contribution is -2.35. The van der Waals surface area contributed by atoms with Gasteiger partial charge < -0.3 is 9.64 Å². The first kappa shape index (κ1) is 21.1. The zero-order valence-corrected chi connectivity index (χ0v) is 17.6. The van der Waals surface area contributed by atoms with Crippen molar-refractivity contribution in [2.24, 2.45) is 0 Å². The van der Waals surface area contributed by atoms with Crippen LogP contribution in [0, 0.1) is 0 Å². The van der Waals surface area contributed by atoms with Crippen molar-refractivity contribution >= 4 is 17.4 Å². The van der Waals surface area contributed by atoms with Crippen molar-refractivity contribution in [2.75, 3.05) is 11.5 Å². The lowest BCUT2D eigenvalue weighted by Gasteiger charge is -2.25. The average molecular weight is 421 g/mol. The smallest absolute Gasteiger partial charge is 0.265 e. The highest BCUT2D eigenvalue weighted by Crippen LogP contribution is 2.26. The molecule has 158 valence electrons. The summed E-state index contributed by atoms with van der Waals surface area (Å²) in [5.41, 5.74) is 2.57. The average Bonchev–Trinajstić information content (AvgIpc) is 2.87. The number of para-hydroxylation sites is 2. The molecular weight excluding hydrogens is 398 g/mol. The number of hydrogen-bond acceptors (Lipinski definition) is 3. The molecule has 0 aliphatic rings. The molecule has 4 aromatic carbocycles. The van der Waals surface area contributed by atoms with Gasteiger partial charge in [-0.05, 0) is 29.8 Å². The van der Waals surface area contributed by atoms with Gasteiger partial charge in [0.1, 0.15) is 5.75 Å². The Morgan fingerprint density at radius 3 is 1.91 bits per heavy atom. The zero-order chi connectivity index (χ0) is 22.2. The second-order valence-electron chi connectivity index (χ2n) is 7.28. The molecule has 0 aliphatic carbocycles. The summed E-state index contributed by atoms with van der Waals surface area (Å²) < 4.78 is 5.72. The van der Waals surface area contributed by atoms with E-state index in [0.29, 0.717) is 29.1 Å². The van der Waals surface area contributed by atoms with Crippen LogP contribution in [0.3, 0.4) is 0 Å². The quantitative estimate of drug-likeness (QED) is 0.352. The molecule has 0 heterocycles. The number of nitrogens with zero attached hydrogens (tertiary/aromatic N) is 1. The van der Waals surface area contributed by atoms with Crippen LogP contribution in [0.15, 0.2) is 115 Å². The van der Waals surface area contributed by atoms with E-state index in [9.17, 15) is 9.59 Å². The van der Waals surface area contributed by atoms with Crippen molar-refractivity contribution < 1.29 is 14.3 Å². The minimum absolute atomic E-state index is 0.129. The maximum Gasteiger partial charge on any atom is 0.265 e. The van der Waals surface area contributed by atoms with E-state index in [4.69, 9.17) is 4.74 Å². The topological polar surface area (TPSA) is 46.6 Å². The summed E-state index contributed by atoms with van der Waals surface area (Å²) in [4.78, 5) is 28.2.